The molecule has 0 fully saturated rings. The van der Waals surface area contributed by atoms with Gasteiger partial charge < -0.3 is 4.74 Å². The summed E-state index contributed by atoms with van der Waals surface area (Å²) in [5.74, 6) is 0.305. The molecule has 0 aliphatic heterocycles. The molecule has 0 spiro atoms. The zero-order valence-electron chi connectivity index (χ0n) is 10.4. The summed E-state index contributed by atoms with van der Waals surface area (Å²) in [6.07, 6.45) is 1.13. The van der Waals surface area contributed by atoms with Gasteiger partial charge in [0.1, 0.15) is 11.0 Å². The molecular weight excluding hydrogens is 320 g/mol. The van der Waals surface area contributed by atoms with Crippen LogP contribution in [0.15, 0.2) is 22.7 Å². The van der Waals surface area contributed by atoms with Crippen LogP contribution in [0.2, 0.25) is 0 Å². The fourth-order valence-electron chi connectivity index (χ4n) is 1.38. The lowest BCUT2D eigenvalue weighted by Gasteiger charge is -2.10. The molecule has 0 radical (unpaired) electrons. The quantitative estimate of drug-likeness (QED) is 0.826. The predicted molar refractivity (Wildman–Crippen MR) is 73.7 cm³/mol. The largest absolute Gasteiger partial charge is 0.497 e. The average Bonchev–Trinajstić information content (AvgIpc) is 2.29. The molecule has 6 heteroatoms. The summed E-state index contributed by atoms with van der Waals surface area (Å²) in [6.45, 7) is 1.41. The van der Waals surface area contributed by atoms with Gasteiger partial charge in [0, 0.05) is 17.1 Å². The van der Waals surface area contributed by atoms with E-state index in [4.69, 9.17) is 4.74 Å². The maximum absolute atomic E-state index is 11.9. The Labute approximate surface area is 115 Å². The van der Waals surface area contributed by atoms with E-state index < -0.39 is 15.1 Å². The Morgan fingerprint density at radius 3 is 2.56 bits per heavy atom. The number of halogens is 1. The summed E-state index contributed by atoms with van der Waals surface area (Å²) < 4.78 is 28.5. The number of benzene rings is 1. The number of sulfone groups is 1. The molecule has 1 unspecified atom stereocenters. The molecule has 0 N–H and O–H groups in total. The number of ether oxygens (including phenoxy) is 1. The van der Waals surface area contributed by atoms with E-state index in [1.807, 2.05) is 0 Å². The zero-order chi connectivity index (χ0) is 13.9. The van der Waals surface area contributed by atoms with Gasteiger partial charge in [-0.2, -0.15) is 0 Å². The number of rotatable bonds is 5. The molecule has 1 rings (SSSR count). The summed E-state index contributed by atoms with van der Waals surface area (Å²) in [7, 11) is -1.81. The van der Waals surface area contributed by atoms with Gasteiger partial charge in [0.2, 0.25) is 0 Å². The number of Topliss-reactive ketones (excluding diaryl/α,β-unsaturated/α-hetero) is 1. The van der Waals surface area contributed by atoms with E-state index in [0.29, 0.717) is 5.75 Å². The molecule has 0 saturated carbocycles. The van der Waals surface area contributed by atoms with Crippen LogP contribution < -0.4 is 4.74 Å². The average molecular weight is 335 g/mol. The minimum Gasteiger partial charge on any atom is -0.497 e. The lowest BCUT2D eigenvalue weighted by atomic mass is 10.1. The van der Waals surface area contributed by atoms with Crippen molar-refractivity contribution >= 4 is 31.6 Å². The van der Waals surface area contributed by atoms with Gasteiger partial charge in [-0.15, -0.1) is 0 Å². The molecular formula is C12H15BrO4S. The number of methoxy groups -OCH3 is 1. The van der Waals surface area contributed by atoms with E-state index in [-0.39, 0.29) is 12.2 Å². The van der Waals surface area contributed by atoms with Gasteiger partial charge >= 0.3 is 0 Å². The maximum atomic E-state index is 11.9. The highest BCUT2D eigenvalue weighted by atomic mass is 79.9. The Bertz CT molecular complexity index is 551. The topological polar surface area (TPSA) is 60.4 Å². The normalized spacial score (nSPS) is 13.1. The number of hydrogen-bond donors (Lipinski definition) is 0. The van der Waals surface area contributed by atoms with Gasteiger partial charge in [-0.3, -0.25) is 4.79 Å². The minimum absolute atomic E-state index is 0.0615. The van der Waals surface area contributed by atoms with Crippen molar-refractivity contribution in [1.82, 2.24) is 0 Å². The zero-order valence-corrected chi connectivity index (χ0v) is 12.8. The fraction of sp³-hybridized carbons (Fsp3) is 0.417. The fourth-order valence-corrected chi connectivity index (χ4v) is 2.33. The number of hydrogen-bond acceptors (Lipinski definition) is 4. The van der Waals surface area contributed by atoms with Crippen LogP contribution in [-0.4, -0.2) is 32.8 Å². The molecule has 0 aromatic heterocycles. The molecule has 0 bridgehead atoms. The Hall–Kier alpha value is -0.880. The molecule has 0 amide bonds. The molecule has 1 aromatic rings. The van der Waals surface area contributed by atoms with Crippen LogP contribution in [0, 0.1) is 0 Å². The van der Waals surface area contributed by atoms with Crippen LogP contribution in [0.25, 0.3) is 0 Å². The van der Waals surface area contributed by atoms with Crippen LogP contribution >= 0.6 is 15.9 Å². The highest BCUT2D eigenvalue weighted by Crippen LogP contribution is 2.23. The standard InChI is InChI=1S/C12H15BrO4S/c1-8(18(3,15)16)12(14)7-9-6-10(17-2)4-5-11(9)13/h4-6,8H,7H2,1-3H3. The molecule has 100 valence electrons. The van der Waals surface area contributed by atoms with Crippen molar-refractivity contribution in [3.8, 4) is 5.75 Å². The Morgan fingerprint density at radius 1 is 1.44 bits per heavy atom. The van der Waals surface area contributed by atoms with Gasteiger partial charge in [0.25, 0.3) is 0 Å². The van der Waals surface area contributed by atoms with E-state index in [1.165, 1.54) is 14.0 Å². The van der Waals surface area contributed by atoms with Gasteiger partial charge in [-0.1, -0.05) is 15.9 Å². The molecule has 0 heterocycles. The third-order valence-corrected chi connectivity index (χ3v) is 5.03. The summed E-state index contributed by atoms with van der Waals surface area (Å²) >= 11 is 3.33. The van der Waals surface area contributed by atoms with Crippen LogP contribution in [0.1, 0.15) is 12.5 Å². The molecule has 0 saturated heterocycles. The highest BCUT2D eigenvalue weighted by molar-refractivity contribution is 9.10. The lowest BCUT2D eigenvalue weighted by molar-refractivity contribution is -0.117. The second-order valence-corrected chi connectivity index (χ2v) is 7.29. The van der Waals surface area contributed by atoms with E-state index >= 15 is 0 Å². The van der Waals surface area contributed by atoms with Gasteiger partial charge in [0.15, 0.2) is 15.6 Å². The van der Waals surface area contributed by atoms with E-state index in [2.05, 4.69) is 15.9 Å². The van der Waals surface area contributed by atoms with Crippen molar-refractivity contribution in [2.75, 3.05) is 13.4 Å². The second kappa shape index (κ2) is 5.84. The SMILES string of the molecule is COc1ccc(Br)c(CC(=O)C(C)S(C)(=O)=O)c1. The first-order chi connectivity index (χ1) is 8.25. The van der Waals surface area contributed by atoms with Gasteiger partial charge in [0.05, 0.1) is 7.11 Å². The van der Waals surface area contributed by atoms with Crippen molar-refractivity contribution in [2.45, 2.75) is 18.6 Å². The molecule has 1 aromatic carbocycles. The van der Waals surface area contributed by atoms with Crippen LogP contribution in [0.3, 0.4) is 0 Å². The van der Waals surface area contributed by atoms with Crippen LogP contribution in [0.4, 0.5) is 0 Å². The minimum atomic E-state index is -3.35. The Balaban J connectivity index is 2.95. The maximum Gasteiger partial charge on any atom is 0.157 e. The highest BCUT2D eigenvalue weighted by Gasteiger charge is 2.24. The molecule has 1 atom stereocenters. The monoisotopic (exact) mass is 334 g/mol. The molecule has 18 heavy (non-hydrogen) atoms. The number of carbonyl (C=O) groups is 1. The molecule has 0 aliphatic rings. The third kappa shape index (κ3) is 3.81. The van der Waals surface area contributed by atoms with Crippen molar-refractivity contribution in [1.29, 1.82) is 0 Å². The first-order valence-corrected chi connectivity index (χ1v) is 8.04. The summed E-state index contributed by atoms with van der Waals surface area (Å²) in [6, 6.07) is 5.25. The van der Waals surface area contributed by atoms with Crippen LogP contribution in [0.5, 0.6) is 5.75 Å². The van der Waals surface area contributed by atoms with Crippen molar-refractivity contribution in [2.24, 2.45) is 0 Å². The summed E-state index contributed by atoms with van der Waals surface area (Å²) in [4.78, 5) is 11.9. The van der Waals surface area contributed by atoms with Crippen molar-refractivity contribution in [3.05, 3.63) is 28.2 Å². The third-order valence-electron chi connectivity index (χ3n) is 2.71. The smallest absolute Gasteiger partial charge is 0.157 e. The van der Waals surface area contributed by atoms with E-state index in [1.54, 1.807) is 18.2 Å². The Morgan fingerprint density at radius 2 is 2.06 bits per heavy atom. The Kier molecular flexibility index (Phi) is 4.92. The number of carbonyl (C=O) groups excluding carboxylic acids is 1. The van der Waals surface area contributed by atoms with Crippen LogP contribution in [-0.2, 0) is 21.1 Å². The first kappa shape index (κ1) is 15.2. The van der Waals surface area contributed by atoms with E-state index in [0.717, 1.165) is 16.3 Å². The second-order valence-electron chi connectivity index (χ2n) is 4.07. The predicted octanol–water partition coefficient (Wildman–Crippen LogP) is 2.00. The molecule has 4 nitrogen and oxygen atoms in total. The molecule has 0 aliphatic carbocycles. The summed E-state index contributed by atoms with van der Waals surface area (Å²) in [5.41, 5.74) is 0.717. The van der Waals surface area contributed by atoms with E-state index in [9.17, 15) is 13.2 Å². The lowest BCUT2D eigenvalue weighted by Crippen LogP contribution is -2.27. The first-order valence-electron chi connectivity index (χ1n) is 5.29. The van der Waals surface area contributed by atoms with Crippen molar-refractivity contribution < 1.29 is 17.9 Å². The summed E-state index contributed by atoms with van der Waals surface area (Å²) in [5, 5.41) is -0.990. The van der Waals surface area contributed by atoms with Gasteiger partial charge in [-0.05, 0) is 30.7 Å². The van der Waals surface area contributed by atoms with Crippen molar-refractivity contribution in [3.63, 3.8) is 0 Å². The van der Waals surface area contributed by atoms with Gasteiger partial charge in [-0.25, -0.2) is 8.42 Å². The number of ketones is 1.